The minimum Gasteiger partial charge on any atom is -0.410 e. The molecule has 0 saturated carbocycles. The highest BCUT2D eigenvalue weighted by atomic mass is 35.5. The molecule has 0 aliphatic rings. The van der Waals surface area contributed by atoms with Crippen molar-refractivity contribution in [3.05, 3.63) is 58.6 Å². The largest absolute Gasteiger partial charge is 0.410 e. The molecule has 0 spiro atoms. The number of hydrogen-bond acceptors (Lipinski definition) is 6. The van der Waals surface area contributed by atoms with Gasteiger partial charge in [0.05, 0.1) is 22.8 Å². The standard InChI is InChI=1S/C17H17Cl2N5O/c1-11(20-22-15-7-3-13(18)4-8-15)17(24-25)12(2)21-23-16-9-5-14(19)6-10-16/h3-10,22-23,25H,1-2H3/b20-11-,21-12-. The van der Waals surface area contributed by atoms with E-state index in [0.29, 0.717) is 21.5 Å². The van der Waals surface area contributed by atoms with Gasteiger partial charge in [0.25, 0.3) is 0 Å². The van der Waals surface area contributed by atoms with Crippen LogP contribution in [0.25, 0.3) is 0 Å². The van der Waals surface area contributed by atoms with E-state index in [1.54, 1.807) is 62.4 Å². The van der Waals surface area contributed by atoms with Crippen LogP contribution in [0.4, 0.5) is 11.4 Å². The Bertz CT molecular complexity index is 733. The van der Waals surface area contributed by atoms with Crippen LogP contribution in [0, 0.1) is 0 Å². The van der Waals surface area contributed by atoms with Crippen LogP contribution in [0.5, 0.6) is 0 Å². The lowest BCUT2D eigenvalue weighted by Gasteiger charge is -2.06. The normalized spacial score (nSPS) is 11.8. The summed E-state index contributed by atoms with van der Waals surface area (Å²) >= 11 is 11.7. The van der Waals surface area contributed by atoms with Crippen molar-refractivity contribution in [1.29, 1.82) is 0 Å². The molecular formula is C17H17Cl2N5O. The second kappa shape index (κ2) is 9.05. The lowest BCUT2D eigenvalue weighted by molar-refractivity contribution is 0.321. The van der Waals surface area contributed by atoms with E-state index < -0.39 is 0 Å². The van der Waals surface area contributed by atoms with Gasteiger partial charge in [0.2, 0.25) is 0 Å². The first-order valence-electron chi connectivity index (χ1n) is 7.34. The molecule has 0 aliphatic carbocycles. The van der Waals surface area contributed by atoms with Crippen LogP contribution < -0.4 is 10.9 Å². The van der Waals surface area contributed by atoms with Crippen molar-refractivity contribution in [3.63, 3.8) is 0 Å². The second-order valence-electron chi connectivity index (χ2n) is 5.08. The predicted molar refractivity (Wildman–Crippen MR) is 106 cm³/mol. The number of anilines is 2. The van der Waals surface area contributed by atoms with Gasteiger partial charge in [-0.05, 0) is 62.4 Å². The molecule has 8 heteroatoms. The van der Waals surface area contributed by atoms with Crippen molar-refractivity contribution in [3.8, 4) is 0 Å². The van der Waals surface area contributed by atoms with E-state index in [2.05, 4.69) is 26.2 Å². The van der Waals surface area contributed by atoms with Gasteiger partial charge in [-0.3, -0.25) is 10.9 Å². The summed E-state index contributed by atoms with van der Waals surface area (Å²) in [6.07, 6.45) is 0. The van der Waals surface area contributed by atoms with Crippen molar-refractivity contribution in [2.24, 2.45) is 15.4 Å². The smallest absolute Gasteiger partial charge is 0.148 e. The number of halogens is 2. The lowest BCUT2D eigenvalue weighted by atomic mass is 10.2. The average Bonchev–Trinajstić information content (AvgIpc) is 2.61. The molecule has 0 amide bonds. The highest BCUT2D eigenvalue weighted by Gasteiger charge is 2.09. The van der Waals surface area contributed by atoms with Gasteiger partial charge in [0.1, 0.15) is 5.71 Å². The van der Waals surface area contributed by atoms with E-state index in [9.17, 15) is 5.21 Å². The number of benzene rings is 2. The van der Waals surface area contributed by atoms with Crippen molar-refractivity contribution in [2.75, 3.05) is 10.9 Å². The van der Waals surface area contributed by atoms with Crippen molar-refractivity contribution in [2.45, 2.75) is 13.8 Å². The van der Waals surface area contributed by atoms with Crippen LogP contribution in [0.2, 0.25) is 10.0 Å². The minimum atomic E-state index is 0.253. The third-order valence-corrected chi connectivity index (χ3v) is 3.68. The van der Waals surface area contributed by atoms with Gasteiger partial charge in [-0.15, -0.1) is 0 Å². The molecule has 0 fully saturated rings. The Labute approximate surface area is 155 Å². The third kappa shape index (κ3) is 5.77. The Kier molecular flexibility index (Phi) is 6.80. The van der Waals surface area contributed by atoms with E-state index in [1.165, 1.54) is 0 Å². The van der Waals surface area contributed by atoms with Gasteiger partial charge in [0, 0.05) is 10.0 Å². The second-order valence-corrected chi connectivity index (χ2v) is 5.95. The molecule has 0 aromatic heterocycles. The number of oxime groups is 1. The summed E-state index contributed by atoms with van der Waals surface area (Å²) in [6.45, 7) is 3.42. The topological polar surface area (TPSA) is 81.4 Å². The first kappa shape index (κ1) is 18.8. The van der Waals surface area contributed by atoms with E-state index in [0.717, 1.165) is 11.4 Å². The molecule has 3 N–H and O–H groups in total. The van der Waals surface area contributed by atoms with E-state index in [-0.39, 0.29) is 5.71 Å². The molecule has 2 aromatic rings. The van der Waals surface area contributed by atoms with Crippen LogP contribution in [0.3, 0.4) is 0 Å². The molecule has 0 saturated heterocycles. The molecule has 25 heavy (non-hydrogen) atoms. The molecular weight excluding hydrogens is 361 g/mol. The van der Waals surface area contributed by atoms with E-state index in [4.69, 9.17) is 23.2 Å². The summed E-state index contributed by atoms with van der Waals surface area (Å²) < 4.78 is 0. The first-order chi connectivity index (χ1) is 12.0. The Balaban J connectivity index is 2.05. The SMILES string of the molecule is C/C(=N/Nc1ccc(Cl)cc1)C(=NO)/C(C)=N\Nc1ccc(Cl)cc1. The summed E-state index contributed by atoms with van der Waals surface area (Å²) in [6, 6.07) is 14.2. The Hall–Kier alpha value is -2.57. The summed E-state index contributed by atoms with van der Waals surface area (Å²) in [5, 5.41) is 22.2. The predicted octanol–water partition coefficient (Wildman–Crippen LogP) is 5.10. The van der Waals surface area contributed by atoms with E-state index in [1.807, 2.05) is 0 Å². The molecule has 0 bridgehead atoms. The van der Waals surface area contributed by atoms with Crippen molar-refractivity contribution >= 4 is 51.7 Å². The molecule has 0 unspecified atom stereocenters. The zero-order chi connectivity index (χ0) is 18.2. The van der Waals surface area contributed by atoms with Gasteiger partial charge in [-0.1, -0.05) is 28.4 Å². The quantitative estimate of drug-likeness (QED) is 0.372. The fourth-order valence-corrected chi connectivity index (χ4v) is 2.11. The molecule has 0 radical (unpaired) electrons. The number of hydrogen-bond donors (Lipinski definition) is 3. The average molecular weight is 378 g/mol. The molecule has 130 valence electrons. The van der Waals surface area contributed by atoms with Crippen LogP contribution in [0.1, 0.15) is 13.8 Å². The Morgan fingerprint density at radius 1 is 0.760 bits per heavy atom. The van der Waals surface area contributed by atoms with Gasteiger partial charge >= 0.3 is 0 Å². The number of nitrogens with one attached hydrogen (secondary N) is 2. The van der Waals surface area contributed by atoms with Crippen LogP contribution in [-0.2, 0) is 0 Å². The maximum Gasteiger partial charge on any atom is 0.148 e. The maximum atomic E-state index is 9.27. The highest BCUT2D eigenvalue weighted by Crippen LogP contribution is 2.14. The Morgan fingerprint density at radius 3 is 1.44 bits per heavy atom. The lowest BCUT2D eigenvalue weighted by Crippen LogP contribution is -2.22. The van der Waals surface area contributed by atoms with Crippen LogP contribution >= 0.6 is 23.2 Å². The van der Waals surface area contributed by atoms with Gasteiger partial charge in [0.15, 0.2) is 0 Å². The van der Waals surface area contributed by atoms with Crippen LogP contribution in [-0.4, -0.2) is 22.3 Å². The first-order valence-corrected chi connectivity index (χ1v) is 8.09. The third-order valence-electron chi connectivity index (χ3n) is 3.18. The molecule has 0 aliphatic heterocycles. The van der Waals surface area contributed by atoms with Gasteiger partial charge in [-0.2, -0.15) is 10.2 Å². The zero-order valence-electron chi connectivity index (χ0n) is 13.7. The van der Waals surface area contributed by atoms with Crippen molar-refractivity contribution < 1.29 is 5.21 Å². The monoisotopic (exact) mass is 377 g/mol. The number of nitrogens with zero attached hydrogens (tertiary/aromatic N) is 3. The maximum absolute atomic E-state index is 9.27. The fourth-order valence-electron chi connectivity index (χ4n) is 1.86. The summed E-state index contributed by atoms with van der Waals surface area (Å²) in [7, 11) is 0. The number of hydrazone groups is 2. The molecule has 6 nitrogen and oxygen atoms in total. The fraction of sp³-hybridized carbons (Fsp3) is 0.118. The highest BCUT2D eigenvalue weighted by molar-refractivity contribution is 6.67. The van der Waals surface area contributed by atoms with Gasteiger partial charge in [-0.25, -0.2) is 0 Å². The zero-order valence-corrected chi connectivity index (χ0v) is 15.2. The minimum absolute atomic E-state index is 0.253. The molecule has 0 heterocycles. The van der Waals surface area contributed by atoms with Gasteiger partial charge < -0.3 is 5.21 Å². The van der Waals surface area contributed by atoms with Crippen molar-refractivity contribution in [1.82, 2.24) is 0 Å². The van der Waals surface area contributed by atoms with E-state index >= 15 is 0 Å². The number of rotatable bonds is 6. The molecule has 2 rings (SSSR count). The summed E-state index contributed by atoms with van der Waals surface area (Å²) in [4.78, 5) is 0. The molecule has 2 aromatic carbocycles. The summed E-state index contributed by atoms with van der Waals surface area (Å²) in [5.41, 5.74) is 8.45. The van der Waals surface area contributed by atoms with Crippen LogP contribution in [0.15, 0.2) is 63.9 Å². The summed E-state index contributed by atoms with van der Waals surface area (Å²) in [5.74, 6) is 0. The molecule has 0 atom stereocenters. The Morgan fingerprint density at radius 2 is 1.12 bits per heavy atom.